The number of benzene rings is 1. The molecular weight excluding hydrogens is 324 g/mol. The van der Waals surface area contributed by atoms with Gasteiger partial charge in [-0.05, 0) is 17.9 Å². The Bertz CT molecular complexity index is 532. The molecule has 0 aliphatic rings. The maximum Gasteiger partial charge on any atom is 0.430 e. The Morgan fingerprint density at radius 2 is 1.41 bits per heavy atom. The number of alkyl halides is 6. The van der Waals surface area contributed by atoms with Gasteiger partial charge in [-0.1, -0.05) is 26.0 Å². The zero-order chi connectivity index (χ0) is 17.5. The highest BCUT2D eigenvalue weighted by molar-refractivity contribution is 5.34. The van der Waals surface area contributed by atoms with Crippen LogP contribution in [0.3, 0.4) is 0 Å². The normalized spacial score (nSPS) is 15.0. The highest BCUT2D eigenvalue weighted by atomic mass is 19.4. The smallest absolute Gasteiger partial charge is 0.369 e. The minimum Gasteiger partial charge on any atom is -0.369 e. The van der Waals surface area contributed by atoms with Gasteiger partial charge >= 0.3 is 12.4 Å². The molecule has 0 saturated carbocycles. The van der Waals surface area contributed by atoms with Gasteiger partial charge in [-0.3, -0.25) is 0 Å². The fourth-order valence-electron chi connectivity index (χ4n) is 1.91. The fraction of sp³-hybridized carbons (Fsp3) is 0.538. The molecule has 0 spiro atoms. The maximum atomic E-state index is 13.8. The molecule has 1 unspecified atom stereocenters. The summed E-state index contributed by atoms with van der Waals surface area (Å²) in [6, 6.07) is 0.727. The van der Waals surface area contributed by atoms with Crippen LogP contribution < -0.4 is 0 Å². The maximum absolute atomic E-state index is 13.8. The van der Waals surface area contributed by atoms with Gasteiger partial charge in [0.25, 0.3) is 5.60 Å². The number of hydrogen-bond donors (Lipinski definition) is 1. The monoisotopic (exact) mass is 336 g/mol. The summed E-state index contributed by atoms with van der Waals surface area (Å²) < 4.78 is 104. The SMILES string of the molecule is CCC(C)c1ccc(C(O)(C(F)(F)F)C(F)(F)F)c(F)c1F. The predicted molar refractivity (Wildman–Crippen MR) is 61.1 cm³/mol. The fourth-order valence-corrected chi connectivity index (χ4v) is 1.91. The summed E-state index contributed by atoms with van der Waals surface area (Å²) in [5, 5.41) is 9.09. The van der Waals surface area contributed by atoms with E-state index in [1.165, 1.54) is 6.92 Å². The quantitative estimate of drug-likeness (QED) is 0.787. The first kappa shape index (κ1) is 18.7. The van der Waals surface area contributed by atoms with Crippen molar-refractivity contribution < 1.29 is 40.2 Å². The molecule has 0 fully saturated rings. The molecule has 0 bridgehead atoms. The van der Waals surface area contributed by atoms with Gasteiger partial charge in [-0.25, -0.2) is 8.78 Å². The van der Waals surface area contributed by atoms with E-state index in [1.807, 2.05) is 0 Å². The summed E-state index contributed by atoms with van der Waals surface area (Å²) in [5.41, 5.74) is -8.06. The van der Waals surface area contributed by atoms with Gasteiger partial charge in [0.2, 0.25) is 0 Å². The highest BCUT2D eigenvalue weighted by Gasteiger charge is 2.72. The van der Waals surface area contributed by atoms with Gasteiger partial charge < -0.3 is 5.11 Å². The third-order valence-electron chi connectivity index (χ3n) is 3.47. The van der Waals surface area contributed by atoms with E-state index in [4.69, 9.17) is 5.11 Å². The average molecular weight is 336 g/mol. The standard InChI is InChI=1S/C13H12F8O/c1-3-6(2)7-4-5-8(10(15)9(7)14)11(22,12(16,17)18)13(19,20)21/h4-6,22H,3H2,1-2H3. The highest BCUT2D eigenvalue weighted by Crippen LogP contribution is 2.51. The van der Waals surface area contributed by atoms with E-state index in [-0.39, 0.29) is 11.6 Å². The minimum atomic E-state index is -6.27. The first-order valence-electron chi connectivity index (χ1n) is 6.13. The molecule has 0 amide bonds. The Balaban J connectivity index is 3.64. The lowest BCUT2D eigenvalue weighted by atomic mass is 9.88. The summed E-state index contributed by atoms with van der Waals surface area (Å²) in [6.07, 6.45) is -12.2. The van der Waals surface area contributed by atoms with Crippen LogP contribution in [0.1, 0.15) is 37.3 Å². The van der Waals surface area contributed by atoms with E-state index in [0.717, 1.165) is 0 Å². The van der Waals surface area contributed by atoms with E-state index < -0.39 is 41.1 Å². The number of rotatable bonds is 3. The molecule has 0 aliphatic carbocycles. The minimum absolute atomic E-state index is 0.112. The van der Waals surface area contributed by atoms with Crippen LogP contribution in [0.15, 0.2) is 12.1 Å². The molecule has 1 nitrogen and oxygen atoms in total. The lowest BCUT2D eigenvalue weighted by Gasteiger charge is -2.33. The first-order chi connectivity index (χ1) is 9.79. The van der Waals surface area contributed by atoms with Crippen molar-refractivity contribution in [1.29, 1.82) is 0 Å². The van der Waals surface area contributed by atoms with E-state index in [9.17, 15) is 35.1 Å². The third kappa shape index (κ3) is 2.78. The summed E-state index contributed by atoms with van der Waals surface area (Å²) >= 11 is 0. The second-order valence-corrected chi connectivity index (χ2v) is 4.85. The summed E-state index contributed by atoms with van der Waals surface area (Å²) in [4.78, 5) is 0. The summed E-state index contributed by atoms with van der Waals surface area (Å²) in [7, 11) is 0. The van der Waals surface area contributed by atoms with Crippen LogP contribution in [0.5, 0.6) is 0 Å². The largest absolute Gasteiger partial charge is 0.430 e. The van der Waals surface area contributed by atoms with E-state index in [0.29, 0.717) is 12.5 Å². The van der Waals surface area contributed by atoms with Crippen LogP contribution in [-0.4, -0.2) is 17.5 Å². The van der Waals surface area contributed by atoms with Crippen molar-refractivity contribution in [3.8, 4) is 0 Å². The van der Waals surface area contributed by atoms with Gasteiger partial charge in [-0.2, -0.15) is 26.3 Å². The lowest BCUT2D eigenvalue weighted by molar-refractivity contribution is -0.377. The van der Waals surface area contributed by atoms with Crippen molar-refractivity contribution in [2.45, 2.75) is 44.1 Å². The Kier molecular flexibility index (Phi) is 4.82. The molecule has 1 rings (SSSR count). The molecule has 1 aromatic rings. The van der Waals surface area contributed by atoms with Gasteiger partial charge in [-0.15, -0.1) is 0 Å². The Morgan fingerprint density at radius 1 is 0.955 bits per heavy atom. The number of halogens is 8. The average Bonchev–Trinajstić information content (AvgIpc) is 2.37. The molecule has 9 heteroatoms. The Hall–Kier alpha value is -1.38. The van der Waals surface area contributed by atoms with Crippen molar-refractivity contribution in [2.75, 3.05) is 0 Å². The molecular formula is C13H12F8O. The molecule has 126 valence electrons. The molecule has 0 aromatic heterocycles. The molecule has 22 heavy (non-hydrogen) atoms. The molecule has 0 radical (unpaired) electrons. The van der Waals surface area contributed by atoms with Gasteiger partial charge in [0.15, 0.2) is 11.6 Å². The van der Waals surface area contributed by atoms with Gasteiger partial charge in [0.1, 0.15) is 0 Å². The number of aliphatic hydroxyl groups is 1. The van der Waals surface area contributed by atoms with Gasteiger partial charge in [0.05, 0.1) is 0 Å². The van der Waals surface area contributed by atoms with Gasteiger partial charge in [0, 0.05) is 5.56 Å². The van der Waals surface area contributed by atoms with Crippen LogP contribution in [0.4, 0.5) is 35.1 Å². The van der Waals surface area contributed by atoms with Crippen LogP contribution >= 0.6 is 0 Å². The molecule has 1 N–H and O–H groups in total. The van der Waals surface area contributed by atoms with Crippen molar-refractivity contribution in [3.05, 3.63) is 34.9 Å². The lowest BCUT2D eigenvalue weighted by Crippen LogP contribution is -2.54. The zero-order valence-electron chi connectivity index (χ0n) is 11.4. The van der Waals surface area contributed by atoms with Crippen LogP contribution in [0, 0.1) is 11.6 Å². The number of hydrogen-bond acceptors (Lipinski definition) is 1. The van der Waals surface area contributed by atoms with Crippen molar-refractivity contribution in [1.82, 2.24) is 0 Å². The topological polar surface area (TPSA) is 20.2 Å². The van der Waals surface area contributed by atoms with Crippen LogP contribution in [-0.2, 0) is 5.60 Å². The van der Waals surface area contributed by atoms with Crippen molar-refractivity contribution in [3.63, 3.8) is 0 Å². The predicted octanol–water partition coefficient (Wildman–Crippen LogP) is 4.79. The van der Waals surface area contributed by atoms with E-state index in [1.54, 1.807) is 6.92 Å². The van der Waals surface area contributed by atoms with Crippen molar-refractivity contribution in [2.24, 2.45) is 0 Å². The zero-order valence-corrected chi connectivity index (χ0v) is 11.4. The second-order valence-electron chi connectivity index (χ2n) is 4.85. The summed E-state index contributed by atoms with van der Waals surface area (Å²) in [6.45, 7) is 3.01. The van der Waals surface area contributed by atoms with E-state index in [2.05, 4.69) is 0 Å². The first-order valence-corrected chi connectivity index (χ1v) is 6.13. The Morgan fingerprint density at radius 3 is 1.77 bits per heavy atom. The third-order valence-corrected chi connectivity index (χ3v) is 3.47. The van der Waals surface area contributed by atoms with Crippen molar-refractivity contribution >= 4 is 0 Å². The molecule has 0 saturated heterocycles. The summed E-state index contributed by atoms with van der Waals surface area (Å²) in [5.74, 6) is -4.82. The van der Waals surface area contributed by atoms with Crippen LogP contribution in [0.25, 0.3) is 0 Å². The van der Waals surface area contributed by atoms with Crippen LogP contribution in [0.2, 0.25) is 0 Å². The molecule has 0 heterocycles. The van der Waals surface area contributed by atoms with E-state index >= 15 is 0 Å². The molecule has 1 atom stereocenters. The molecule has 1 aromatic carbocycles. The molecule has 0 aliphatic heterocycles. The Labute approximate surface area is 120 Å². The second kappa shape index (κ2) is 5.68.